The van der Waals surface area contributed by atoms with E-state index in [0.29, 0.717) is 41.9 Å². The fourth-order valence-corrected chi connectivity index (χ4v) is 9.13. The molecule has 0 aliphatic rings. The van der Waals surface area contributed by atoms with Crippen molar-refractivity contribution >= 4 is 133 Å². The molecule has 3 N–H and O–H groups in total. The van der Waals surface area contributed by atoms with Crippen LogP contribution in [0.15, 0.2) is 94.8 Å². The largest absolute Gasteiger partial charge is 1.00 e. The van der Waals surface area contributed by atoms with Crippen molar-refractivity contribution in [2.75, 3.05) is 54.7 Å². The van der Waals surface area contributed by atoms with Crippen molar-refractivity contribution in [3.63, 3.8) is 0 Å². The number of sulfonamides is 2. The third-order valence-electron chi connectivity index (χ3n) is 8.64. The molecule has 4 heterocycles. The van der Waals surface area contributed by atoms with Gasteiger partial charge in [-0.05, 0) is 132 Å². The topological polar surface area (TPSA) is 243 Å². The van der Waals surface area contributed by atoms with E-state index < -0.39 is 50.6 Å². The van der Waals surface area contributed by atoms with Gasteiger partial charge in [0.05, 0.1) is 50.1 Å². The van der Waals surface area contributed by atoms with Crippen LogP contribution in [0.4, 0.5) is 24.8 Å². The number of halogens is 6. The van der Waals surface area contributed by atoms with E-state index in [2.05, 4.69) is 59.3 Å². The third-order valence-corrected chi connectivity index (χ3v) is 12.5. The number of furan rings is 2. The van der Waals surface area contributed by atoms with E-state index in [9.17, 15) is 39.6 Å². The monoisotopic (exact) mass is 1560 g/mol. The Hall–Kier alpha value is -0.996. The SMILES string of the molecule is C=CCCCBr.C=CCCCN(c1nc2oc(-c3ccc(F)cc3)c(C(=O)NC)c2cc1I)S(C)(=O)=O.CNC(=O)c1c(-c2ccc(F)cc2)oc2nc(NS(C)(=O)=O)c(I)cc12.O=CO[O-].[2H]CF.[Cs+].[Cs+].[H-]. The van der Waals surface area contributed by atoms with Gasteiger partial charge in [-0.2, -0.15) is 9.97 Å². The molecule has 27 heteroatoms. The van der Waals surface area contributed by atoms with Gasteiger partial charge in [0.2, 0.25) is 31.5 Å². The van der Waals surface area contributed by atoms with Crippen molar-refractivity contribution in [2.24, 2.45) is 0 Å². The van der Waals surface area contributed by atoms with E-state index in [4.69, 9.17) is 20.3 Å². The predicted molar refractivity (Wildman–Crippen MR) is 280 cm³/mol. The Morgan fingerprint density at radius 3 is 1.61 bits per heavy atom. The van der Waals surface area contributed by atoms with Gasteiger partial charge in [-0.3, -0.25) is 27.8 Å². The molecule has 0 aliphatic carbocycles. The summed E-state index contributed by atoms with van der Waals surface area (Å²) in [4.78, 5) is 44.9. The number of carbonyl (C=O) groups excluding carboxylic acids is 3. The van der Waals surface area contributed by atoms with E-state index in [1.165, 1.54) is 73.4 Å². The summed E-state index contributed by atoms with van der Waals surface area (Å²) in [6.45, 7) is 7.29. The first kappa shape index (κ1) is 68.0. The molecule has 0 fully saturated rings. The molecule has 0 saturated carbocycles. The molecule has 0 unspecified atom stereocenters. The number of pyridine rings is 2. The second kappa shape index (κ2) is 35.4. The molecule has 0 spiro atoms. The predicted octanol–water partition coefficient (Wildman–Crippen LogP) is 2.79. The summed E-state index contributed by atoms with van der Waals surface area (Å²) in [6, 6.07) is 14.3. The van der Waals surface area contributed by atoms with Gasteiger partial charge in [0.15, 0.2) is 11.6 Å². The first-order valence-corrected chi connectivity index (χ1v) is 26.7. The molecule has 4 aromatic heterocycles. The second-order valence-corrected chi connectivity index (χ2v) is 20.3. The number of alkyl halides is 2. The fraction of sp³-hybridized carbons (Fsp3) is 0.250. The normalized spacial score (nSPS) is 10.5. The summed E-state index contributed by atoms with van der Waals surface area (Å²) in [6.07, 6.45) is 9.35. The molecule has 2 amide bonds. The van der Waals surface area contributed by atoms with Gasteiger partial charge in [0.25, 0.3) is 18.3 Å². The van der Waals surface area contributed by atoms with Gasteiger partial charge in [0.1, 0.15) is 23.2 Å². The van der Waals surface area contributed by atoms with Crippen LogP contribution in [-0.4, -0.2) is 90.7 Å². The maximum absolute atomic E-state index is 13.4. The van der Waals surface area contributed by atoms with E-state index >= 15 is 0 Å². The van der Waals surface area contributed by atoms with Crippen molar-refractivity contribution in [2.45, 2.75) is 25.7 Å². The van der Waals surface area contributed by atoms with E-state index in [1.807, 2.05) is 51.3 Å². The maximum Gasteiger partial charge on any atom is 1.00 e. The minimum Gasteiger partial charge on any atom is -1.00 e. The summed E-state index contributed by atoms with van der Waals surface area (Å²) < 4.78 is 106. The van der Waals surface area contributed by atoms with Crippen molar-refractivity contribution in [3.8, 4) is 22.6 Å². The molecule has 0 saturated heterocycles. The van der Waals surface area contributed by atoms with Crippen molar-refractivity contribution in [3.05, 3.63) is 116 Å². The van der Waals surface area contributed by atoms with Crippen LogP contribution in [0.3, 0.4) is 0 Å². The number of nitrogens with zero attached hydrogens (tertiary/aromatic N) is 3. The van der Waals surface area contributed by atoms with Crippen LogP contribution in [-0.2, 0) is 29.7 Å². The standard InChI is InChI=1S/C21H21FIN3O4S.C16H13FIN3O4S.C5H9Br.CH3F.CH2O3.2Cs.H/c1-4-5-6-11-26(31(3,28)29)19-16(23)12-15-17(20(27)24-2)18(30-21(15)25-19)13-7-9-14(22)10-8-13;1-19-15(22)12-10-7-11(18)14(21-26(2,23)24)20-16(10)25-13(12)8-3-5-9(17)6-4-8;1-2-3-4-5-6;1-2;2-1-4-3;;;/h4,7-10,12H,1,5-6,11H2,2-3H3,(H,24,27);3-7H,1-2H3,(H,19,22)(H,20,21);2H,1,3-5H2;1H3;1,3H;;;/q;;;;;2*+1;-1/p-1/i;;;1D;;;;. The number of amides is 2. The van der Waals surface area contributed by atoms with Gasteiger partial charge in [-0.1, -0.05) is 28.1 Å². The fourth-order valence-electron chi connectivity index (χ4n) is 5.75. The van der Waals surface area contributed by atoms with Crippen LogP contribution in [0.5, 0.6) is 0 Å². The maximum atomic E-state index is 13.4. The number of allylic oxidation sites excluding steroid dienone is 2. The number of hydrogen-bond acceptors (Lipinski definition) is 13. The number of fused-ring (bicyclic) bond motifs is 2. The van der Waals surface area contributed by atoms with Crippen LogP contribution in [0.25, 0.3) is 44.8 Å². The van der Waals surface area contributed by atoms with Crippen molar-refractivity contribution in [1.29, 1.82) is 0 Å². The second-order valence-electron chi connectivity index (χ2n) is 13.6. The van der Waals surface area contributed by atoms with E-state index in [1.54, 1.807) is 18.2 Å². The first-order chi connectivity index (χ1) is 33.1. The van der Waals surface area contributed by atoms with Crippen LogP contribution < -0.4 is 163 Å². The Balaban J connectivity index is 0. The van der Waals surface area contributed by atoms with Gasteiger partial charge in [-0.15, -0.1) is 13.2 Å². The number of hydrogen-bond donors (Lipinski definition) is 3. The molecule has 6 rings (SSSR count). The Bertz CT molecular complexity index is 2970. The van der Waals surface area contributed by atoms with Crippen molar-refractivity contribution in [1.82, 2.24) is 20.6 Å². The third kappa shape index (κ3) is 21.9. The van der Waals surface area contributed by atoms with Crippen LogP contribution in [0.1, 0.15) is 49.2 Å². The summed E-state index contributed by atoms with van der Waals surface area (Å²) in [5, 5.41) is 15.5. The molecule has 71 heavy (non-hydrogen) atoms. The zero-order valence-corrected chi connectivity index (χ0v) is 59.4. The molecular formula is C44H48BrCs2F3I2N6O11S2. The van der Waals surface area contributed by atoms with Crippen LogP contribution in [0.2, 0.25) is 0 Å². The Kier molecular flexibility index (Phi) is 33.9. The molecule has 17 nitrogen and oxygen atoms in total. The van der Waals surface area contributed by atoms with E-state index in [0.717, 1.165) is 24.3 Å². The van der Waals surface area contributed by atoms with Gasteiger partial charge in [0, 0.05) is 37.1 Å². The van der Waals surface area contributed by atoms with Crippen molar-refractivity contribution < 1.29 is 204 Å². The van der Waals surface area contributed by atoms with Gasteiger partial charge in [-0.25, -0.2) is 25.6 Å². The molecule has 376 valence electrons. The number of unbranched alkanes of at least 4 members (excludes halogenated alkanes) is 2. The molecule has 0 atom stereocenters. The number of nitrogens with one attached hydrogen (secondary N) is 3. The molecular weight excluding hydrogens is 1510 g/mol. The molecule has 2 aromatic carbocycles. The number of benzene rings is 2. The van der Waals surface area contributed by atoms with E-state index in [-0.39, 0.29) is 198 Å². The molecule has 0 radical (unpaired) electrons. The number of rotatable bonds is 16. The van der Waals surface area contributed by atoms with Gasteiger partial charge >= 0.3 is 138 Å². The number of anilines is 2. The average molecular weight is 1560 g/mol. The minimum absolute atomic E-state index is 0. The zero-order chi connectivity index (χ0) is 52.8. The smallest absolute Gasteiger partial charge is 1.00 e. The number of carbonyl (C=O) groups is 3. The Morgan fingerprint density at radius 1 is 0.845 bits per heavy atom. The quantitative estimate of drug-likeness (QED) is 0.0241. The van der Waals surface area contributed by atoms with Crippen LogP contribution >= 0.6 is 61.1 Å². The number of aromatic nitrogens is 2. The summed E-state index contributed by atoms with van der Waals surface area (Å²) in [5.74, 6) is -0.852. The minimum atomic E-state index is -3.60. The first-order valence-electron chi connectivity index (χ1n) is 20.3. The van der Waals surface area contributed by atoms with Gasteiger partial charge < -0.3 is 31.0 Å². The van der Waals surface area contributed by atoms with Crippen LogP contribution in [0, 0.1) is 18.8 Å². The summed E-state index contributed by atoms with van der Waals surface area (Å²) >= 11 is 7.21. The Morgan fingerprint density at radius 2 is 1.25 bits per heavy atom. The average Bonchev–Trinajstić information content (AvgIpc) is 3.87. The zero-order valence-electron chi connectivity index (χ0n) is 41.3. The molecule has 0 aliphatic heterocycles. The summed E-state index contributed by atoms with van der Waals surface area (Å²) in [7, 11) is -5.16. The summed E-state index contributed by atoms with van der Waals surface area (Å²) in [5.41, 5.74) is 1.69. The molecule has 6 aromatic rings. The Labute approximate surface area is 566 Å². The molecule has 0 bridgehead atoms.